The van der Waals surface area contributed by atoms with Gasteiger partial charge in [-0.3, -0.25) is 4.79 Å². The normalized spacial score (nSPS) is 13.8. The summed E-state index contributed by atoms with van der Waals surface area (Å²) in [7, 11) is 0. The monoisotopic (exact) mass is 255 g/mol. The van der Waals surface area contributed by atoms with Gasteiger partial charge in [0.1, 0.15) is 5.41 Å². The number of aliphatic carboxylic acids is 1. The predicted molar refractivity (Wildman–Crippen MR) is 76.1 cm³/mol. The van der Waals surface area contributed by atoms with E-state index in [1.807, 2.05) is 37.3 Å². The van der Waals surface area contributed by atoms with E-state index in [0.717, 1.165) is 11.1 Å². The van der Waals surface area contributed by atoms with Crippen LogP contribution in [0.5, 0.6) is 0 Å². The lowest BCUT2D eigenvalue weighted by Crippen LogP contribution is -2.34. The van der Waals surface area contributed by atoms with Gasteiger partial charge in [-0.2, -0.15) is 0 Å². The number of anilines is 1. The molecule has 0 fully saturated rings. The molecule has 0 aliphatic heterocycles. The Morgan fingerprint density at radius 3 is 2.42 bits per heavy atom. The largest absolute Gasteiger partial charge is 0.480 e. The number of nitrogens with two attached hydrogens (primary N) is 1. The highest BCUT2D eigenvalue weighted by atomic mass is 16.4. The molecular weight excluding hydrogens is 238 g/mol. The highest BCUT2D eigenvalue weighted by Gasteiger charge is 2.38. The molecule has 0 saturated heterocycles. The number of hydrogen-bond acceptors (Lipinski definition) is 2. The summed E-state index contributed by atoms with van der Waals surface area (Å²) in [4.78, 5) is 11.8. The molecular formula is C16H17NO2. The van der Waals surface area contributed by atoms with Crippen LogP contribution in [0.15, 0.2) is 48.5 Å². The first kappa shape index (κ1) is 13.1. The maximum absolute atomic E-state index is 11.8. The number of aryl methyl sites for hydroxylation is 1. The third kappa shape index (κ3) is 2.19. The number of carboxylic acid groups (broad SMARTS) is 1. The summed E-state index contributed by atoms with van der Waals surface area (Å²) in [5.41, 5.74) is 7.69. The second kappa shape index (κ2) is 4.76. The van der Waals surface area contributed by atoms with Crippen molar-refractivity contribution >= 4 is 11.7 Å². The van der Waals surface area contributed by atoms with E-state index in [4.69, 9.17) is 5.73 Å². The van der Waals surface area contributed by atoms with E-state index in [1.54, 1.807) is 25.1 Å². The van der Waals surface area contributed by atoms with Crippen LogP contribution in [0, 0.1) is 6.92 Å². The molecule has 0 amide bonds. The quantitative estimate of drug-likeness (QED) is 0.829. The van der Waals surface area contributed by atoms with Crippen LogP contribution in [0.3, 0.4) is 0 Å². The van der Waals surface area contributed by atoms with Crippen molar-refractivity contribution in [3.63, 3.8) is 0 Å². The molecule has 3 nitrogen and oxygen atoms in total. The van der Waals surface area contributed by atoms with Gasteiger partial charge >= 0.3 is 5.97 Å². The van der Waals surface area contributed by atoms with Gasteiger partial charge in [-0.25, -0.2) is 0 Å². The van der Waals surface area contributed by atoms with Gasteiger partial charge < -0.3 is 10.8 Å². The summed E-state index contributed by atoms with van der Waals surface area (Å²) < 4.78 is 0. The molecule has 2 aromatic rings. The van der Waals surface area contributed by atoms with Gasteiger partial charge in [-0.1, -0.05) is 48.0 Å². The molecule has 0 aromatic heterocycles. The number of carbonyl (C=O) groups is 1. The van der Waals surface area contributed by atoms with Gasteiger partial charge in [0, 0.05) is 5.69 Å². The average Bonchev–Trinajstić information content (AvgIpc) is 2.38. The molecule has 0 spiro atoms. The van der Waals surface area contributed by atoms with Gasteiger partial charge in [-0.05, 0) is 31.0 Å². The van der Waals surface area contributed by atoms with Gasteiger partial charge in [0.05, 0.1) is 0 Å². The van der Waals surface area contributed by atoms with E-state index in [9.17, 15) is 9.90 Å². The maximum atomic E-state index is 11.8. The van der Waals surface area contributed by atoms with E-state index in [1.165, 1.54) is 0 Å². The molecule has 3 N–H and O–H groups in total. The SMILES string of the molecule is Cc1cccc(C(C)(C(=O)O)c2ccccc2N)c1. The molecule has 0 aliphatic carbocycles. The van der Waals surface area contributed by atoms with Crippen molar-refractivity contribution in [1.82, 2.24) is 0 Å². The molecule has 2 aromatic carbocycles. The zero-order valence-electron chi connectivity index (χ0n) is 11.1. The fraction of sp³-hybridized carbons (Fsp3) is 0.188. The van der Waals surface area contributed by atoms with Gasteiger partial charge in [0.25, 0.3) is 0 Å². The van der Waals surface area contributed by atoms with Crippen LogP contribution in [-0.2, 0) is 10.2 Å². The van der Waals surface area contributed by atoms with Crippen LogP contribution >= 0.6 is 0 Å². The number of nitrogen functional groups attached to an aromatic ring is 1. The Hall–Kier alpha value is -2.29. The van der Waals surface area contributed by atoms with Crippen molar-refractivity contribution in [2.45, 2.75) is 19.3 Å². The minimum Gasteiger partial charge on any atom is -0.480 e. The zero-order chi connectivity index (χ0) is 14.0. The molecule has 0 saturated carbocycles. The van der Waals surface area contributed by atoms with E-state index in [0.29, 0.717) is 11.3 Å². The molecule has 1 unspecified atom stereocenters. The summed E-state index contributed by atoms with van der Waals surface area (Å²) in [6.45, 7) is 3.63. The van der Waals surface area contributed by atoms with Crippen molar-refractivity contribution in [1.29, 1.82) is 0 Å². The Morgan fingerprint density at radius 2 is 1.84 bits per heavy atom. The summed E-state index contributed by atoms with van der Waals surface area (Å²) in [6.07, 6.45) is 0. The van der Waals surface area contributed by atoms with Crippen molar-refractivity contribution in [2.75, 3.05) is 5.73 Å². The maximum Gasteiger partial charge on any atom is 0.318 e. The number of hydrogen-bond donors (Lipinski definition) is 2. The van der Waals surface area contributed by atoms with Crippen molar-refractivity contribution < 1.29 is 9.90 Å². The number of carboxylic acids is 1. The zero-order valence-corrected chi connectivity index (χ0v) is 11.1. The standard InChI is InChI=1S/C16H17NO2/c1-11-6-5-7-12(10-11)16(2,15(18)19)13-8-3-4-9-14(13)17/h3-10H,17H2,1-2H3,(H,18,19). The second-order valence-corrected chi connectivity index (χ2v) is 4.89. The summed E-state index contributed by atoms with van der Waals surface area (Å²) in [5.74, 6) is -0.906. The minimum atomic E-state index is -1.14. The third-order valence-electron chi connectivity index (χ3n) is 3.52. The van der Waals surface area contributed by atoms with Crippen molar-refractivity contribution in [3.05, 3.63) is 65.2 Å². The number of para-hydroxylation sites is 1. The Morgan fingerprint density at radius 1 is 1.16 bits per heavy atom. The molecule has 1 atom stereocenters. The third-order valence-corrected chi connectivity index (χ3v) is 3.52. The molecule has 98 valence electrons. The van der Waals surface area contributed by atoms with Crippen LogP contribution < -0.4 is 5.73 Å². The number of benzene rings is 2. The van der Waals surface area contributed by atoms with Crippen molar-refractivity contribution in [2.24, 2.45) is 0 Å². The van der Waals surface area contributed by atoms with E-state index in [2.05, 4.69) is 0 Å². The summed E-state index contributed by atoms with van der Waals surface area (Å²) in [5, 5.41) is 9.70. The molecule has 19 heavy (non-hydrogen) atoms. The van der Waals surface area contributed by atoms with E-state index in [-0.39, 0.29) is 0 Å². The first-order valence-corrected chi connectivity index (χ1v) is 6.12. The Labute approximate surface area is 112 Å². The minimum absolute atomic E-state index is 0.494. The van der Waals surface area contributed by atoms with Crippen LogP contribution in [0.25, 0.3) is 0 Å². The average molecular weight is 255 g/mol. The summed E-state index contributed by atoms with van der Waals surface area (Å²) in [6, 6.07) is 14.6. The smallest absolute Gasteiger partial charge is 0.318 e. The first-order valence-electron chi connectivity index (χ1n) is 6.12. The molecule has 0 heterocycles. The molecule has 3 heteroatoms. The fourth-order valence-corrected chi connectivity index (χ4v) is 2.30. The Bertz CT molecular complexity index is 622. The van der Waals surface area contributed by atoms with E-state index >= 15 is 0 Å². The summed E-state index contributed by atoms with van der Waals surface area (Å²) >= 11 is 0. The topological polar surface area (TPSA) is 63.3 Å². The van der Waals surface area contributed by atoms with Gasteiger partial charge in [-0.15, -0.1) is 0 Å². The molecule has 0 radical (unpaired) electrons. The lowest BCUT2D eigenvalue weighted by Gasteiger charge is -2.27. The highest BCUT2D eigenvalue weighted by Crippen LogP contribution is 2.35. The Balaban J connectivity index is 2.69. The van der Waals surface area contributed by atoms with Crippen molar-refractivity contribution in [3.8, 4) is 0 Å². The molecule has 0 bridgehead atoms. The van der Waals surface area contributed by atoms with Crippen LogP contribution in [0.4, 0.5) is 5.69 Å². The molecule has 0 aliphatic rings. The first-order chi connectivity index (χ1) is 8.96. The van der Waals surface area contributed by atoms with E-state index < -0.39 is 11.4 Å². The second-order valence-electron chi connectivity index (χ2n) is 4.89. The van der Waals surface area contributed by atoms with Gasteiger partial charge in [0.15, 0.2) is 0 Å². The number of rotatable bonds is 3. The lowest BCUT2D eigenvalue weighted by molar-refractivity contribution is -0.141. The predicted octanol–water partition coefficient (Wildman–Crippen LogP) is 2.97. The fourth-order valence-electron chi connectivity index (χ4n) is 2.30. The van der Waals surface area contributed by atoms with Crippen LogP contribution in [0.1, 0.15) is 23.6 Å². The van der Waals surface area contributed by atoms with Crippen LogP contribution in [-0.4, -0.2) is 11.1 Å². The Kier molecular flexibility index (Phi) is 3.30. The lowest BCUT2D eigenvalue weighted by atomic mass is 9.75. The highest BCUT2D eigenvalue weighted by molar-refractivity contribution is 5.87. The molecule has 2 rings (SSSR count). The van der Waals surface area contributed by atoms with Gasteiger partial charge in [0.2, 0.25) is 0 Å². The van der Waals surface area contributed by atoms with Crippen LogP contribution in [0.2, 0.25) is 0 Å².